The first-order valence-corrected chi connectivity index (χ1v) is 12.8. The van der Waals surface area contributed by atoms with Gasteiger partial charge in [-0.15, -0.1) is 0 Å². The van der Waals surface area contributed by atoms with Crippen molar-refractivity contribution in [2.24, 2.45) is 0 Å². The zero-order valence-electron chi connectivity index (χ0n) is 22.3. The molecule has 4 nitrogen and oxygen atoms in total. The van der Waals surface area contributed by atoms with Crippen LogP contribution in [0.2, 0.25) is 0 Å². The summed E-state index contributed by atoms with van der Waals surface area (Å²) in [7, 11) is -2.50. The molecule has 0 saturated carbocycles. The molecular formula is C31H31BF4N2O2. The van der Waals surface area contributed by atoms with Gasteiger partial charge < -0.3 is 26.7 Å². The maximum absolute atomic E-state index is 9.75. The fourth-order valence-electron chi connectivity index (χ4n) is 5.07. The summed E-state index contributed by atoms with van der Waals surface area (Å²) in [5.74, 6) is 0. The molecule has 0 amide bonds. The second-order valence-corrected chi connectivity index (χ2v) is 9.26. The fourth-order valence-corrected chi connectivity index (χ4v) is 5.07. The van der Waals surface area contributed by atoms with Crippen molar-refractivity contribution < 1.29 is 31.3 Å². The number of benzene rings is 4. The van der Waals surface area contributed by atoms with Crippen LogP contribution in [0.1, 0.15) is 34.3 Å². The van der Waals surface area contributed by atoms with Crippen molar-refractivity contribution in [2.75, 3.05) is 19.1 Å². The number of hydrogen-bond acceptors (Lipinski definition) is 3. The maximum Gasteiger partial charge on any atom is 0.673 e. The van der Waals surface area contributed by atoms with E-state index in [2.05, 4.69) is 125 Å². The van der Waals surface area contributed by atoms with Crippen LogP contribution in [-0.4, -0.2) is 32.4 Å². The predicted octanol–water partition coefficient (Wildman–Crippen LogP) is 7.95. The molecule has 9 heteroatoms. The number of anilines is 1. The van der Waals surface area contributed by atoms with Crippen molar-refractivity contribution in [3.8, 4) is 0 Å². The van der Waals surface area contributed by atoms with Crippen molar-refractivity contribution in [2.45, 2.75) is 25.3 Å². The highest BCUT2D eigenvalue weighted by atomic mass is 19.5. The molecule has 1 aliphatic heterocycles. The number of rotatable bonds is 8. The molecule has 0 saturated heterocycles. The molecule has 0 aliphatic carbocycles. The van der Waals surface area contributed by atoms with Gasteiger partial charge in [-0.2, -0.15) is 0 Å². The molecule has 0 unspecified atom stereocenters. The second-order valence-electron chi connectivity index (χ2n) is 9.26. The van der Waals surface area contributed by atoms with Crippen LogP contribution in [0.5, 0.6) is 0 Å². The van der Waals surface area contributed by atoms with Gasteiger partial charge in [0.25, 0.3) is 0 Å². The molecular weight excluding hydrogens is 519 g/mol. The number of para-hydroxylation sites is 2. The number of ether oxygens (including phenoxy) is 2. The average molecular weight is 550 g/mol. The van der Waals surface area contributed by atoms with Crippen LogP contribution < -0.4 is 4.90 Å². The second kappa shape index (κ2) is 13.4. The maximum atomic E-state index is 9.75. The van der Waals surface area contributed by atoms with Gasteiger partial charge in [0.1, 0.15) is 11.4 Å². The van der Waals surface area contributed by atoms with Crippen LogP contribution in [0, 0.1) is 0 Å². The Bertz CT molecular complexity index is 1400. The summed E-state index contributed by atoms with van der Waals surface area (Å²) < 4.78 is 52.6. The summed E-state index contributed by atoms with van der Waals surface area (Å²) in [4.78, 5) is 2.41. The Morgan fingerprint density at radius 2 is 1.12 bits per heavy atom. The van der Waals surface area contributed by atoms with E-state index in [-0.39, 0.29) is 12.1 Å². The molecule has 1 aliphatic rings. The van der Waals surface area contributed by atoms with Gasteiger partial charge in [-0.25, -0.2) is 9.48 Å². The van der Waals surface area contributed by atoms with Crippen LogP contribution in [0.3, 0.4) is 0 Å². The Hall–Kier alpha value is -3.95. The van der Waals surface area contributed by atoms with E-state index in [9.17, 15) is 17.3 Å². The summed E-state index contributed by atoms with van der Waals surface area (Å²) in [5.41, 5.74) is 7.14. The van der Waals surface area contributed by atoms with E-state index in [1.165, 1.54) is 11.1 Å². The normalized spacial score (nSPS) is 16.8. The number of nitrogens with zero attached hydrogens (tertiary/aromatic N) is 2. The van der Waals surface area contributed by atoms with E-state index in [4.69, 9.17) is 9.47 Å². The zero-order valence-corrected chi connectivity index (χ0v) is 22.3. The third-order valence-electron chi connectivity index (χ3n) is 6.57. The summed E-state index contributed by atoms with van der Waals surface area (Å²) >= 11 is 0. The van der Waals surface area contributed by atoms with Crippen molar-refractivity contribution in [3.05, 3.63) is 131 Å². The van der Waals surface area contributed by atoms with Crippen LogP contribution in [0.4, 0.5) is 28.6 Å². The molecule has 0 fully saturated rings. The summed E-state index contributed by atoms with van der Waals surface area (Å²) in [5, 5.41) is 0. The third kappa shape index (κ3) is 7.17. The highest BCUT2D eigenvalue weighted by Crippen LogP contribution is 2.46. The topological polar surface area (TPSA) is 24.7 Å². The molecule has 0 N–H and O–H groups in total. The van der Waals surface area contributed by atoms with E-state index in [1.807, 2.05) is 0 Å². The van der Waals surface area contributed by atoms with Crippen LogP contribution in [0.15, 0.2) is 109 Å². The summed E-state index contributed by atoms with van der Waals surface area (Å²) in [6, 6.07) is 38.7. The van der Waals surface area contributed by atoms with E-state index in [0.717, 1.165) is 22.5 Å². The lowest BCUT2D eigenvalue weighted by molar-refractivity contribution is -0.482. The van der Waals surface area contributed by atoms with Crippen molar-refractivity contribution in [1.29, 1.82) is 0 Å². The summed E-state index contributed by atoms with van der Waals surface area (Å²) in [6.45, 7) is 1.11. The third-order valence-corrected chi connectivity index (χ3v) is 6.57. The lowest BCUT2D eigenvalue weighted by Crippen LogP contribution is -2.27. The highest BCUT2D eigenvalue weighted by molar-refractivity contribution is 6.50. The lowest BCUT2D eigenvalue weighted by Gasteiger charge is -2.25. The first-order valence-electron chi connectivity index (χ1n) is 12.8. The van der Waals surface area contributed by atoms with Gasteiger partial charge in [-0.3, -0.25) is 0 Å². The Kier molecular flexibility index (Phi) is 9.74. The Labute approximate surface area is 232 Å². The fraction of sp³-hybridized carbons (Fsp3) is 0.194. The molecule has 0 radical (unpaired) electrons. The predicted molar refractivity (Wildman–Crippen MR) is 151 cm³/mol. The molecule has 2 atom stereocenters. The Morgan fingerprint density at radius 3 is 1.73 bits per heavy atom. The molecule has 1 heterocycles. The minimum atomic E-state index is -6.00. The number of methoxy groups -OCH3 is 2. The van der Waals surface area contributed by atoms with Crippen LogP contribution >= 0.6 is 0 Å². The standard InChI is InChI=1S/C31H31N2O2.BF4/c1-34-21-26-17-9-11-19-28(26)32-23-33(29-20-12-10-18-27(29)22-35-2)31(25-15-7-4-8-16-25)30(32)24-13-5-3-6-14-24;2-1(3,4)5/h3-20,23,30-31H,21-22H2,1-2H3;/q+1;-1/t30-,31-;/m0./s1. The minimum Gasteiger partial charge on any atom is -0.418 e. The first kappa shape index (κ1) is 29.0. The molecule has 0 aromatic heterocycles. The van der Waals surface area contributed by atoms with Gasteiger partial charge in [0.15, 0.2) is 12.1 Å². The Balaban J connectivity index is 0.000000681. The largest absolute Gasteiger partial charge is 0.673 e. The van der Waals surface area contributed by atoms with Gasteiger partial charge in [0, 0.05) is 36.5 Å². The van der Waals surface area contributed by atoms with Crippen molar-refractivity contribution >= 4 is 25.0 Å². The molecule has 5 rings (SSSR count). The Morgan fingerprint density at radius 1 is 0.650 bits per heavy atom. The van der Waals surface area contributed by atoms with Crippen LogP contribution in [-0.2, 0) is 22.7 Å². The van der Waals surface area contributed by atoms with Gasteiger partial charge >= 0.3 is 7.25 Å². The van der Waals surface area contributed by atoms with Crippen molar-refractivity contribution in [3.63, 3.8) is 0 Å². The average Bonchev–Trinajstić information content (AvgIpc) is 3.34. The van der Waals surface area contributed by atoms with Gasteiger partial charge in [0.05, 0.1) is 13.2 Å². The van der Waals surface area contributed by atoms with E-state index >= 15 is 0 Å². The van der Waals surface area contributed by atoms with Gasteiger partial charge in [-0.1, -0.05) is 97.1 Å². The van der Waals surface area contributed by atoms with E-state index in [1.54, 1.807) is 14.2 Å². The smallest absolute Gasteiger partial charge is 0.418 e. The summed E-state index contributed by atoms with van der Waals surface area (Å²) in [6.07, 6.45) is 2.26. The first-order chi connectivity index (χ1) is 19.3. The van der Waals surface area contributed by atoms with E-state index in [0.29, 0.717) is 13.2 Å². The van der Waals surface area contributed by atoms with E-state index < -0.39 is 7.25 Å². The van der Waals surface area contributed by atoms with Gasteiger partial charge in [0.2, 0.25) is 6.34 Å². The molecule has 4 aromatic carbocycles. The molecule has 0 bridgehead atoms. The SMILES string of the molecule is COCc1ccccc1N1C=[N+](c2ccccc2COC)[C@@H](c2ccccc2)[C@@H]1c1ccccc1.F[B-](F)(F)F. The zero-order chi connectivity index (χ0) is 28.5. The molecule has 0 spiro atoms. The van der Waals surface area contributed by atoms with Crippen LogP contribution in [0.25, 0.3) is 0 Å². The highest BCUT2D eigenvalue weighted by Gasteiger charge is 2.46. The number of halogens is 4. The number of hydrogen-bond donors (Lipinski definition) is 0. The lowest BCUT2D eigenvalue weighted by atomic mass is 9.92. The van der Waals surface area contributed by atoms with Crippen molar-refractivity contribution in [1.82, 2.24) is 0 Å². The molecule has 208 valence electrons. The molecule has 4 aromatic rings. The van der Waals surface area contributed by atoms with Gasteiger partial charge in [-0.05, 0) is 12.1 Å². The molecule has 40 heavy (non-hydrogen) atoms. The quantitative estimate of drug-likeness (QED) is 0.126. The monoisotopic (exact) mass is 550 g/mol. The minimum absolute atomic E-state index is 0.0622.